The normalized spacial score (nSPS) is 18.4. The van der Waals surface area contributed by atoms with Crippen LogP contribution >= 0.6 is 0 Å². The van der Waals surface area contributed by atoms with Crippen molar-refractivity contribution in [2.45, 2.75) is 25.4 Å². The molecule has 0 spiro atoms. The molecule has 1 aliphatic heterocycles. The molecule has 0 aliphatic carbocycles. The summed E-state index contributed by atoms with van der Waals surface area (Å²) in [7, 11) is 0. The van der Waals surface area contributed by atoms with Gasteiger partial charge >= 0.3 is 6.09 Å². The highest BCUT2D eigenvalue weighted by Crippen LogP contribution is 2.34. The highest BCUT2D eigenvalue weighted by Gasteiger charge is 2.39. The molecule has 0 saturated carbocycles. The summed E-state index contributed by atoms with van der Waals surface area (Å²) in [5.74, 6) is 0.281. The first-order valence-corrected chi connectivity index (χ1v) is 6.56. The number of hydrogen-bond acceptors (Lipinski definition) is 4. The van der Waals surface area contributed by atoms with E-state index < -0.39 is 11.7 Å². The maximum atomic E-state index is 10.9. The van der Waals surface area contributed by atoms with Gasteiger partial charge in [0.15, 0.2) is 5.58 Å². The van der Waals surface area contributed by atoms with Crippen molar-refractivity contribution in [3.8, 4) is 0 Å². The van der Waals surface area contributed by atoms with E-state index in [9.17, 15) is 9.90 Å². The zero-order valence-corrected chi connectivity index (χ0v) is 11.2. The van der Waals surface area contributed by atoms with Gasteiger partial charge in [0.2, 0.25) is 5.89 Å². The van der Waals surface area contributed by atoms with Crippen molar-refractivity contribution in [3.63, 3.8) is 0 Å². The number of hydrogen-bond donors (Lipinski definition) is 2. The maximum Gasteiger partial charge on any atom is 0.407 e. The standard InChI is InChI=1S/C14H16N2O4/c1-9-2-3-11-10(8-9)15-12(20-11)14(19)4-6-16(7-5-14)13(17)18/h2-3,8,19H,4-7H2,1H3,(H,17,18). The minimum atomic E-state index is -1.18. The van der Waals surface area contributed by atoms with E-state index >= 15 is 0 Å². The molecule has 1 aromatic carbocycles. The van der Waals surface area contributed by atoms with Gasteiger partial charge in [-0.05, 0) is 24.6 Å². The molecular weight excluding hydrogens is 260 g/mol. The lowest BCUT2D eigenvalue weighted by molar-refractivity contribution is -0.0406. The first-order chi connectivity index (χ1) is 9.48. The number of carboxylic acid groups (broad SMARTS) is 1. The number of aryl methyl sites for hydroxylation is 1. The number of amides is 1. The second-order valence-electron chi connectivity index (χ2n) is 5.29. The maximum absolute atomic E-state index is 10.9. The molecule has 6 nitrogen and oxygen atoms in total. The van der Waals surface area contributed by atoms with Crippen molar-refractivity contribution in [3.05, 3.63) is 29.7 Å². The van der Waals surface area contributed by atoms with Crippen LogP contribution in [0.15, 0.2) is 22.6 Å². The minimum absolute atomic E-state index is 0.281. The Morgan fingerprint density at radius 3 is 2.75 bits per heavy atom. The van der Waals surface area contributed by atoms with E-state index in [1.807, 2.05) is 25.1 Å². The molecular formula is C14H16N2O4. The van der Waals surface area contributed by atoms with E-state index in [1.165, 1.54) is 4.90 Å². The van der Waals surface area contributed by atoms with Crippen LogP contribution in [-0.2, 0) is 5.60 Å². The van der Waals surface area contributed by atoms with E-state index in [2.05, 4.69) is 4.98 Å². The number of piperidine rings is 1. The number of aliphatic hydroxyl groups is 1. The third-order valence-corrected chi connectivity index (χ3v) is 3.80. The van der Waals surface area contributed by atoms with E-state index in [0.717, 1.165) is 5.56 Å². The molecule has 6 heteroatoms. The predicted molar refractivity (Wildman–Crippen MR) is 71.5 cm³/mol. The van der Waals surface area contributed by atoms with Crippen molar-refractivity contribution in [2.75, 3.05) is 13.1 Å². The number of aromatic nitrogens is 1. The summed E-state index contributed by atoms with van der Waals surface area (Å²) in [5, 5.41) is 19.6. The number of fused-ring (bicyclic) bond motifs is 1. The summed E-state index contributed by atoms with van der Waals surface area (Å²) < 4.78 is 5.63. The highest BCUT2D eigenvalue weighted by atomic mass is 16.4. The summed E-state index contributed by atoms with van der Waals surface area (Å²) in [5.41, 5.74) is 1.25. The number of likely N-dealkylation sites (tertiary alicyclic amines) is 1. The molecule has 2 N–H and O–H groups in total. The summed E-state index contributed by atoms with van der Waals surface area (Å²) in [6, 6.07) is 5.66. The molecule has 1 amide bonds. The summed E-state index contributed by atoms with van der Waals surface area (Å²) >= 11 is 0. The van der Waals surface area contributed by atoms with Crippen molar-refractivity contribution < 1.29 is 19.4 Å². The Morgan fingerprint density at radius 2 is 2.10 bits per heavy atom. The molecule has 20 heavy (non-hydrogen) atoms. The van der Waals surface area contributed by atoms with Gasteiger partial charge in [-0.25, -0.2) is 9.78 Å². The number of rotatable bonds is 1. The fourth-order valence-electron chi connectivity index (χ4n) is 2.52. The third-order valence-electron chi connectivity index (χ3n) is 3.80. The zero-order valence-electron chi connectivity index (χ0n) is 11.2. The number of benzene rings is 1. The fourth-order valence-corrected chi connectivity index (χ4v) is 2.52. The smallest absolute Gasteiger partial charge is 0.407 e. The molecule has 0 radical (unpaired) electrons. The Bertz CT molecular complexity index is 656. The van der Waals surface area contributed by atoms with Crippen molar-refractivity contribution >= 4 is 17.2 Å². The fraction of sp³-hybridized carbons (Fsp3) is 0.429. The number of carbonyl (C=O) groups is 1. The first kappa shape index (κ1) is 12.9. The topological polar surface area (TPSA) is 86.8 Å². The van der Waals surface area contributed by atoms with E-state index in [0.29, 0.717) is 23.9 Å². The largest absolute Gasteiger partial charge is 0.465 e. The van der Waals surface area contributed by atoms with Gasteiger partial charge in [-0.3, -0.25) is 0 Å². The van der Waals surface area contributed by atoms with E-state index in [1.54, 1.807) is 0 Å². The van der Waals surface area contributed by atoms with Crippen molar-refractivity contribution in [2.24, 2.45) is 0 Å². The quantitative estimate of drug-likeness (QED) is 0.833. The SMILES string of the molecule is Cc1ccc2oc(C3(O)CCN(C(=O)O)CC3)nc2c1. The molecule has 1 aromatic heterocycles. The van der Waals surface area contributed by atoms with Crippen molar-refractivity contribution in [1.29, 1.82) is 0 Å². The Hall–Kier alpha value is -2.08. The Morgan fingerprint density at radius 1 is 1.40 bits per heavy atom. The first-order valence-electron chi connectivity index (χ1n) is 6.56. The number of nitrogens with zero attached hydrogens (tertiary/aromatic N) is 2. The van der Waals surface area contributed by atoms with Gasteiger partial charge in [-0.15, -0.1) is 0 Å². The van der Waals surface area contributed by atoms with Crippen LogP contribution in [0.1, 0.15) is 24.3 Å². The Labute approximate surface area is 115 Å². The molecule has 2 heterocycles. The zero-order chi connectivity index (χ0) is 14.3. The lowest BCUT2D eigenvalue weighted by Crippen LogP contribution is -2.44. The number of oxazole rings is 1. The van der Waals surface area contributed by atoms with Crippen LogP contribution in [0.2, 0.25) is 0 Å². The molecule has 3 rings (SSSR count). The summed E-state index contributed by atoms with van der Waals surface area (Å²) in [6.45, 7) is 2.53. The molecule has 1 fully saturated rings. The van der Waals surface area contributed by atoms with Crippen LogP contribution in [0.25, 0.3) is 11.1 Å². The monoisotopic (exact) mass is 276 g/mol. The third kappa shape index (κ3) is 2.12. The van der Waals surface area contributed by atoms with Gasteiger partial charge in [0.1, 0.15) is 11.1 Å². The minimum Gasteiger partial charge on any atom is -0.465 e. The van der Waals surface area contributed by atoms with E-state index in [-0.39, 0.29) is 19.0 Å². The molecule has 1 saturated heterocycles. The van der Waals surface area contributed by atoms with Gasteiger partial charge in [-0.2, -0.15) is 0 Å². The second-order valence-corrected chi connectivity index (χ2v) is 5.29. The summed E-state index contributed by atoms with van der Waals surface area (Å²) in [6.07, 6.45) is -0.365. The van der Waals surface area contributed by atoms with Crippen LogP contribution in [0.5, 0.6) is 0 Å². The van der Waals surface area contributed by atoms with Gasteiger partial charge in [0.05, 0.1) is 0 Å². The molecule has 1 aliphatic rings. The average Bonchev–Trinajstić information content (AvgIpc) is 2.83. The molecule has 106 valence electrons. The highest BCUT2D eigenvalue weighted by molar-refractivity contribution is 5.73. The summed E-state index contributed by atoms with van der Waals surface area (Å²) in [4.78, 5) is 16.5. The van der Waals surface area contributed by atoms with Crippen LogP contribution in [0, 0.1) is 6.92 Å². The van der Waals surface area contributed by atoms with E-state index in [4.69, 9.17) is 9.52 Å². The Kier molecular flexibility index (Phi) is 2.90. The lowest BCUT2D eigenvalue weighted by Gasteiger charge is -2.34. The van der Waals surface area contributed by atoms with Crippen LogP contribution in [-0.4, -0.2) is 39.3 Å². The molecule has 0 bridgehead atoms. The van der Waals surface area contributed by atoms with Gasteiger partial charge in [-0.1, -0.05) is 6.07 Å². The van der Waals surface area contributed by atoms with Crippen molar-refractivity contribution in [1.82, 2.24) is 9.88 Å². The van der Waals surface area contributed by atoms with Gasteiger partial charge < -0.3 is 19.5 Å². The average molecular weight is 276 g/mol. The lowest BCUT2D eigenvalue weighted by atomic mass is 9.91. The molecule has 0 atom stereocenters. The molecule has 0 unspecified atom stereocenters. The van der Waals surface area contributed by atoms with Gasteiger partial charge in [0.25, 0.3) is 0 Å². The van der Waals surface area contributed by atoms with Gasteiger partial charge in [0, 0.05) is 25.9 Å². The second kappa shape index (κ2) is 4.49. The van der Waals surface area contributed by atoms with Crippen LogP contribution in [0.3, 0.4) is 0 Å². The Balaban J connectivity index is 1.89. The van der Waals surface area contributed by atoms with Crippen LogP contribution in [0.4, 0.5) is 4.79 Å². The predicted octanol–water partition coefficient (Wildman–Crippen LogP) is 2.10. The molecule has 2 aromatic rings. The van der Waals surface area contributed by atoms with Crippen LogP contribution < -0.4 is 0 Å².